The third kappa shape index (κ3) is 6.83. The highest BCUT2D eigenvalue weighted by molar-refractivity contribution is 5.93. The maximum absolute atomic E-state index is 12.3. The van der Waals surface area contributed by atoms with E-state index in [0.717, 1.165) is 0 Å². The van der Waals surface area contributed by atoms with E-state index in [1.165, 1.54) is 4.90 Å². The summed E-state index contributed by atoms with van der Waals surface area (Å²) in [5, 5.41) is 30.6. The minimum atomic E-state index is -1.48. The Kier molecular flexibility index (Phi) is 8.62. The van der Waals surface area contributed by atoms with Crippen LogP contribution in [-0.4, -0.2) is 87.7 Å². The van der Waals surface area contributed by atoms with Crippen LogP contribution in [0.15, 0.2) is 0 Å². The van der Waals surface area contributed by atoms with Crippen LogP contribution in [-0.2, 0) is 24.0 Å². The van der Waals surface area contributed by atoms with Crippen molar-refractivity contribution in [3.05, 3.63) is 0 Å². The molecule has 0 aliphatic carbocycles. The largest absolute Gasteiger partial charge is 0.481 e. The molecule has 1 rings (SSSR count). The summed E-state index contributed by atoms with van der Waals surface area (Å²) >= 11 is 0. The Morgan fingerprint density at radius 3 is 2.41 bits per heavy atom. The number of carboxylic acids is 2. The number of aliphatic carboxylic acids is 2. The Balaban J connectivity index is 2.55. The van der Waals surface area contributed by atoms with Crippen LogP contribution >= 0.6 is 0 Å². The molecule has 0 aromatic rings. The third-order valence-corrected chi connectivity index (χ3v) is 4.06. The highest BCUT2D eigenvalue weighted by Gasteiger charge is 2.36. The number of carbonyl (C=O) groups excluding carboxylic acids is 3. The molecule has 0 aromatic heterocycles. The second-order valence-corrected chi connectivity index (χ2v) is 6.09. The van der Waals surface area contributed by atoms with Crippen molar-refractivity contribution >= 4 is 29.7 Å². The average molecular weight is 388 g/mol. The van der Waals surface area contributed by atoms with Gasteiger partial charge in [0.2, 0.25) is 17.7 Å². The molecule has 152 valence electrons. The zero-order valence-corrected chi connectivity index (χ0v) is 14.6. The molecule has 3 amide bonds. The first-order chi connectivity index (χ1) is 12.7. The van der Waals surface area contributed by atoms with E-state index in [9.17, 15) is 24.0 Å². The second kappa shape index (κ2) is 10.4. The molecule has 0 bridgehead atoms. The molecular weight excluding hydrogens is 364 g/mol. The molecule has 0 saturated carbocycles. The molecule has 1 aliphatic heterocycles. The van der Waals surface area contributed by atoms with E-state index in [4.69, 9.17) is 21.1 Å². The van der Waals surface area contributed by atoms with Crippen molar-refractivity contribution in [3.8, 4) is 0 Å². The summed E-state index contributed by atoms with van der Waals surface area (Å²) in [4.78, 5) is 58.8. The Morgan fingerprint density at radius 1 is 1.19 bits per heavy atom. The number of hydrogen-bond acceptors (Lipinski definition) is 7. The quantitative estimate of drug-likeness (QED) is 0.223. The lowest BCUT2D eigenvalue weighted by Gasteiger charge is -2.26. The van der Waals surface area contributed by atoms with Gasteiger partial charge < -0.3 is 36.6 Å². The van der Waals surface area contributed by atoms with Gasteiger partial charge in [0.05, 0.1) is 19.2 Å². The summed E-state index contributed by atoms with van der Waals surface area (Å²) in [6.07, 6.45) is 0.582. The van der Waals surface area contributed by atoms with Crippen molar-refractivity contribution < 1.29 is 39.3 Å². The van der Waals surface area contributed by atoms with E-state index < -0.39 is 60.9 Å². The molecule has 1 saturated heterocycles. The van der Waals surface area contributed by atoms with Crippen LogP contribution in [0.2, 0.25) is 0 Å². The van der Waals surface area contributed by atoms with Crippen LogP contribution in [0.5, 0.6) is 0 Å². The predicted molar refractivity (Wildman–Crippen MR) is 89.2 cm³/mol. The van der Waals surface area contributed by atoms with Gasteiger partial charge in [-0.2, -0.15) is 0 Å². The fraction of sp³-hybridized carbons (Fsp3) is 0.667. The first kappa shape index (κ1) is 22.3. The summed E-state index contributed by atoms with van der Waals surface area (Å²) in [5.74, 6) is -4.44. The standard InChI is InChI=1S/C15H24N4O8/c16-8(3-4-12(22)23)14(25)19-5-1-2-10(19)13(24)17-6-11(21)18-9(7-20)15(26)27/h8-10,20H,1-7,16H2,(H,17,24)(H,18,21)(H,22,23)(H,26,27). The minimum Gasteiger partial charge on any atom is -0.481 e. The van der Waals surface area contributed by atoms with Crippen LogP contribution in [0.3, 0.4) is 0 Å². The van der Waals surface area contributed by atoms with Crippen LogP contribution in [0.1, 0.15) is 25.7 Å². The van der Waals surface area contributed by atoms with Crippen LogP contribution in [0.4, 0.5) is 0 Å². The van der Waals surface area contributed by atoms with Crippen molar-refractivity contribution in [1.82, 2.24) is 15.5 Å². The molecular formula is C15H24N4O8. The number of carboxylic acid groups (broad SMARTS) is 2. The molecule has 7 N–H and O–H groups in total. The van der Waals surface area contributed by atoms with Gasteiger partial charge in [0.25, 0.3) is 0 Å². The molecule has 0 radical (unpaired) electrons. The van der Waals surface area contributed by atoms with E-state index >= 15 is 0 Å². The topological polar surface area (TPSA) is 199 Å². The fourth-order valence-corrected chi connectivity index (χ4v) is 2.63. The number of hydrogen-bond donors (Lipinski definition) is 6. The zero-order chi connectivity index (χ0) is 20.6. The van der Waals surface area contributed by atoms with Crippen molar-refractivity contribution in [2.75, 3.05) is 19.7 Å². The van der Waals surface area contributed by atoms with Gasteiger partial charge in [0.15, 0.2) is 0 Å². The van der Waals surface area contributed by atoms with Gasteiger partial charge in [-0.25, -0.2) is 4.79 Å². The number of nitrogens with two attached hydrogens (primary N) is 1. The number of rotatable bonds is 10. The normalized spacial score (nSPS) is 18.4. The molecule has 12 heteroatoms. The molecule has 3 atom stereocenters. The van der Waals surface area contributed by atoms with Gasteiger partial charge in [-0.1, -0.05) is 0 Å². The maximum Gasteiger partial charge on any atom is 0.328 e. The second-order valence-electron chi connectivity index (χ2n) is 6.09. The number of amides is 3. The Hall–Kier alpha value is -2.73. The van der Waals surface area contributed by atoms with E-state index in [1.54, 1.807) is 0 Å². The monoisotopic (exact) mass is 388 g/mol. The van der Waals surface area contributed by atoms with Crippen LogP contribution in [0, 0.1) is 0 Å². The van der Waals surface area contributed by atoms with Gasteiger partial charge in [0, 0.05) is 13.0 Å². The summed E-state index contributed by atoms with van der Waals surface area (Å²) in [6.45, 7) is -1.03. The Morgan fingerprint density at radius 2 is 1.85 bits per heavy atom. The van der Waals surface area contributed by atoms with Crippen LogP contribution < -0.4 is 16.4 Å². The highest BCUT2D eigenvalue weighted by atomic mass is 16.4. The third-order valence-electron chi connectivity index (χ3n) is 4.06. The molecule has 0 aromatic carbocycles. The van der Waals surface area contributed by atoms with Gasteiger partial charge in [-0.05, 0) is 19.3 Å². The fourth-order valence-electron chi connectivity index (χ4n) is 2.63. The summed E-state index contributed by atoms with van der Waals surface area (Å²) in [6, 6.07) is -3.36. The molecule has 12 nitrogen and oxygen atoms in total. The number of nitrogens with zero attached hydrogens (tertiary/aromatic N) is 1. The first-order valence-corrected chi connectivity index (χ1v) is 8.36. The molecule has 1 fully saturated rings. The predicted octanol–water partition coefficient (Wildman–Crippen LogP) is -3.15. The van der Waals surface area contributed by atoms with E-state index in [-0.39, 0.29) is 19.4 Å². The number of carbonyl (C=O) groups is 5. The van der Waals surface area contributed by atoms with E-state index in [0.29, 0.717) is 12.8 Å². The highest BCUT2D eigenvalue weighted by Crippen LogP contribution is 2.19. The lowest BCUT2D eigenvalue weighted by Crippen LogP contribution is -2.53. The maximum atomic E-state index is 12.3. The summed E-state index contributed by atoms with van der Waals surface area (Å²) < 4.78 is 0. The van der Waals surface area contributed by atoms with Gasteiger partial charge in [-0.15, -0.1) is 0 Å². The molecule has 3 unspecified atom stereocenters. The smallest absolute Gasteiger partial charge is 0.328 e. The SMILES string of the molecule is NC(CCC(=O)O)C(=O)N1CCCC1C(=O)NCC(=O)NC(CO)C(=O)O. The average Bonchev–Trinajstić information content (AvgIpc) is 3.10. The van der Waals surface area contributed by atoms with Crippen LogP contribution in [0.25, 0.3) is 0 Å². The number of likely N-dealkylation sites (tertiary alicyclic amines) is 1. The number of aliphatic hydroxyl groups is 1. The number of aliphatic hydroxyl groups excluding tert-OH is 1. The number of nitrogens with one attached hydrogen (secondary N) is 2. The van der Waals surface area contributed by atoms with Gasteiger partial charge in [0.1, 0.15) is 12.1 Å². The lowest BCUT2D eigenvalue weighted by atomic mass is 10.1. The van der Waals surface area contributed by atoms with Crippen molar-refractivity contribution in [3.63, 3.8) is 0 Å². The Bertz CT molecular complexity index is 596. The van der Waals surface area contributed by atoms with Gasteiger partial charge >= 0.3 is 11.9 Å². The molecule has 0 spiro atoms. The van der Waals surface area contributed by atoms with Crippen molar-refractivity contribution in [2.24, 2.45) is 5.73 Å². The molecule has 27 heavy (non-hydrogen) atoms. The van der Waals surface area contributed by atoms with E-state index in [2.05, 4.69) is 5.32 Å². The van der Waals surface area contributed by atoms with Crippen molar-refractivity contribution in [1.29, 1.82) is 0 Å². The van der Waals surface area contributed by atoms with E-state index in [1.807, 2.05) is 5.32 Å². The molecule has 1 aliphatic rings. The first-order valence-electron chi connectivity index (χ1n) is 8.36. The lowest BCUT2D eigenvalue weighted by molar-refractivity contribution is -0.143. The molecule has 1 heterocycles. The Labute approximate surface area is 154 Å². The minimum absolute atomic E-state index is 0.0564. The summed E-state index contributed by atoms with van der Waals surface area (Å²) in [5.41, 5.74) is 5.70. The van der Waals surface area contributed by atoms with Gasteiger partial charge in [-0.3, -0.25) is 19.2 Å². The zero-order valence-electron chi connectivity index (χ0n) is 14.6. The summed E-state index contributed by atoms with van der Waals surface area (Å²) in [7, 11) is 0. The van der Waals surface area contributed by atoms with Crippen molar-refractivity contribution in [2.45, 2.75) is 43.8 Å².